The third-order valence-corrected chi connectivity index (χ3v) is 3.74. The summed E-state index contributed by atoms with van der Waals surface area (Å²) >= 11 is 0. The van der Waals surface area contributed by atoms with Gasteiger partial charge in [-0.05, 0) is 19.8 Å². The largest absolute Gasteiger partial charge is 0.355 e. The van der Waals surface area contributed by atoms with Gasteiger partial charge in [0.1, 0.15) is 18.7 Å². The van der Waals surface area contributed by atoms with Crippen molar-refractivity contribution >= 4 is 11.8 Å². The number of rotatable bonds is 5. The van der Waals surface area contributed by atoms with E-state index in [2.05, 4.69) is 15.4 Å². The molecule has 1 fully saturated rings. The first kappa shape index (κ1) is 15.4. The third kappa shape index (κ3) is 3.78. The molecule has 2 rings (SSSR count). The first-order valence-corrected chi connectivity index (χ1v) is 7.24. The molecule has 1 aliphatic rings. The van der Waals surface area contributed by atoms with Crippen molar-refractivity contribution in [3.05, 3.63) is 12.7 Å². The van der Waals surface area contributed by atoms with Crippen LogP contribution in [0.2, 0.25) is 0 Å². The normalized spacial score (nSPS) is 20.1. The summed E-state index contributed by atoms with van der Waals surface area (Å²) in [7, 11) is 0. The minimum absolute atomic E-state index is 0.0219. The molecule has 21 heavy (non-hydrogen) atoms. The highest BCUT2D eigenvalue weighted by Crippen LogP contribution is 2.19. The van der Waals surface area contributed by atoms with E-state index >= 15 is 0 Å². The highest BCUT2D eigenvalue weighted by Gasteiger charge is 2.30. The lowest BCUT2D eigenvalue weighted by atomic mass is 9.96. The zero-order valence-electron chi connectivity index (χ0n) is 12.2. The molecule has 0 aromatic carbocycles. The number of likely N-dealkylation sites (tertiary alicyclic amines) is 1. The van der Waals surface area contributed by atoms with Crippen molar-refractivity contribution in [1.82, 2.24) is 25.0 Å². The van der Waals surface area contributed by atoms with Gasteiger partial charge in [-0.2, -0.15) is 5.10 Å². The van der Waals surface area contributed by atoms with Crippen molar-refractivity contribution in [2.24, 2.45) is 11.7 Å². The van der Waals surface area contributed by atoms with E-state index in [-0.39, 0.29) is 17.7 Å². The van der Waals surface area contributed by atoms with Crippen LogP contribution in [-0.4, -0.2) is 57.7 Å². The molecule has 1 aromatic rings. The number of nitrogens with two attached hydrogens (primary N) is 1. The molecule has 8 nitrogen and oxygen atoms in total. The summed E-state index contributed by atoms with van der Waals surface area (Å²) in [5.74, 6) is -0.208. The predicted molar refractivity (Wildman–Crippen MR) is 76.1 cm³/mol. The predicted octanol–water partition coefficient (Wildman–Crippen LogP) is -0.847. The Morgan fingerprint density at radius 2 is 2.33 bits per heavy atom. The minimum Gasteiger partial charge on any atom is -0.355 e. The van der Waals surface area contributed by atoms with Gasteiger partial charge in [0.2, 0.25) is 11.8 Å². The topological polar surface area (TPSA) is 106 Å². The van der Waals surface area contributed by atoms with Crippen molar-refractivity contribution < 1.29 is 9.59 Å². The second kappa shape index (κ2) is 7.16. The van der Waals surface area contributed by atoms with Crippen LogP contribution in [0.25, 0.3) is 0 Å². The molecule has 1 aromatic heterocycles. The van der Waals surface area contributed by atoms with E-state index < -0.39 is 6.04 Å². The van der Waals surface area contributed by atoms with Gasteiger partial charge in [0.15, 0.2) is 0 Å². The fraction of sp³-hybridized carbons (Fsp3) is 0.692. The van der Waals surface area contributed by atoms with Crippen molar-refractivity contribution in [3.63, 3.8) is 0 Å². The maximum atomic E-state index is 12.5. The molecule has 116 valence electrons. The third-order valence-electron chi connectivity index (χ3n) is 3.74. The Bertz CT molecular complexity index is 475. The summed E-state index contributed by atoms with van der Waals surface area (Å²) < 4.78 is 1.53. The van der Waals surface area contributed by atoms with Gasteiger partial charge in [-0.1, -0.05) is 0 Å². The number of nitrogens with one attached hydrogen (secondary N) is 1. The molecule has 0 aliphatic carbocycles. The summed E-state index contributed by atoms with van der Waals surface area (Å²) in [5.41, 5.74) is 5.38. The highest BCUT2D eigenvalue weighted by molar-refractivity contribution is 5.83. The Hall–Kier alpha value is -1.96. The maximum Gasteiger partial charge on any atom is 0.247 e. The molecule has 1 saturated heterocycles. The molecular formula is C13H22N6O2. The number of nitrogens with zero attached hydrogens (tertiary/aromatic N) is 4. The highest BCUT2D eigenvalue weighted by atomic mass is 16.2. The van der Waals surface area contributed by atoms with Gasteiger partial charge >= 0.3 is 0 Å². The van der Waals surface area contributed by atoms with Crippen molar-refractivity contribution in [2.45, 2.75) is 25.8 Å². The van der Waals surface area contributed by atoms with Crippen LogP contribution in [0.3, 0.4) is 0 Å². The second-order valence-corrected chi connectivity index (χ2v) is 5.25. The molecular weight excluding hydrogens is 272 g/mol. The van der Waals surface area contributed by atoms with Crippen molar-refractivity contribution in [2.75, 3.05) is 26.2 Å². The van der Waals surface area contributed by atoms with E-state index in [0.717, 1.165) is 12.8 Å². The number of hydrogen-bond acceptors (Lipinski definition) is 5. The summed E-state index contributed by atoms with van der Waals surface area (Å²) in [6, 6.07) is -0.404. The number of carbonyl (C=O) groups is 2. The number of amides is 2. The molecule has 8 heteroatoms. The standard InChI is InChI=1S/C13H22N6O2/c1-10(19-9-15-8-17-19)13(21)18-6-2-3-11(7-18)12(20)16-5-4-14/h8-11H,2-7,14H2,1H3,(H,16,20). The summed E-state index contributed by atoms with van der Waals surface area (Å²) in [4.78, 5) is 30.0. The van der Waals surface area contributed by atoms with E-state index in [1.54, 1.807) is 11.8 Å². The van der Waals surface area contributed by atoms with E-state index in [4.69, 9.17) is 5.73 Å². The molecule has 1 aliphatic heterocycles. The van der Waals surface area contributed by atoms with E-state index in [0.29, 0.717) is 26.2 Å². The fourth-order valence-corrected chi connectivity index (χ4v) is 2.53. The lowest BCUT2D eigenvalue weighted by Gasteiger charge is -2.33. The van der Waals surface area contributed by atoms with Gasteiger partial charge in [-0.3, -0.25) is 9.59 Å². The molecule has 2 atom stereocenters. The molecule has 2 heterocycles. The molecule has 3 N–H and O–H groups in total. The monoisotopic (exact) mass is 294 g/mol. The Balaban J connectivity index is 1.94. The van der Waals surface area contributed by atoms with Gasteiger partial charge < -0.3 is 16.0 Å². The molecule has 0 bridgehead atoms. The van der Waals surface area contributed by atoms with E-state index in [1.165, 1.54) is 17.3 Å². The molecule has 2 amide bonds. The summed E-state index contributed by atoms with van der Waals surface area (Å²) in [6.45, 7) is 3.81. The summed E-state index contributed by atoms with van der Waals surface area (Å²) in [5, 5.41) is 6.78. The first-order valence-electron chi connectivity index (χ1n) is 7.24. The summed E-state index contributed by atoms with van der Waals surface area (Å²) in [6.07, 6.45) is 4.56. The first-order chi connectivity index (χ1) is 10.1. The lowest BCUT2D eigenvalue weighted by molar-refractivity contribution is -0.138. The molecule has 0 spiro atoms. The van der Waals surface area contributed by atoms with Crippen LogP contribution in [-0.2, 0) is 9.59 Å². The van der Waals surface area contributed by atoms with Gasteiger partial charge in [0.25, 0.3) is 0 Å². The SMILES string of the molecule is CC(C(=O)N1CCCC(C(=O)NCCN)C1)n1cncn1. The Morgan fingerprint density at radius 3 is 3.00 bits per heavy atom. The zero-order valence-corrected chi connectivity index (χ0v) is 12.2. The van der Waals surface area contributed by atoms with Crippen LogP contribution in [0.1, 0.15) is 25.8 Å². The van der Waals surface area contributed by atoms with Crippen LogP contribution in [0, 0.1) is 5.92 Å². The van der Waals surface area contributed by atoms with Gasteiger partial charge in [-0.25, -0.2) is 9.67 Å². The smallest absolute Gasteiger partial charge is 0.247 e. The minimum atomic E-state index is -0.404. The lowest BCUT2D eigenvalue weighted by Crippen LogP contribution is -2.47. The average Bonchev–Trinajstić information content (AvgIpc) is 3.05. The van der Waals surface area contributed by atoms with Crippen molar-refractivity contribution in [3.8, 4) is 0 Å². The van der Waals surface area contributed by atoms with E-state index in [1.807, 2.05) is 0 Å². The Labute approximate surface area is 123 Å². The van der Waals surface area contributed by atoms with Crippen LogP contribution in [0.5, 0.6) is 0 Å². The number of hydrogen-bond donors (Lipinski definition) is 2. The van der Waals surface area contributed by atoms with Gasteiger partial charge in [0, 0.05) is 26.2 Å². The molecule has 0 radical (unpaired) electrons. The Morgan fingerprint density at radius 1 is 1.52 bits per heavy atom. The maximum absolute atomic E-state index is 12.5. The number of aromatic nitrogens is 3. The fourth-order valence-electron chi connectivity index (χ4n) is 2.53. The van der Waals surface area contributed by atoms with Crippen LogP contribution < -0.4 is 11.1 Å². The molecule has 2 unspecified atom stereocenters. The van der Waals surface area contributed by atoms with Gasteiger partial charge in [-0.15, -0.1) is 0 Å². The average molecular weight is 294 g/mol. The Kier molecular flexibility index (Phi) is 5.26. The number of piperidine rings is 1. The second-order valence-electron chi connectivity index (χ2n) is 5.25. The van der Waals surface area contributed by atoms with Gasteiger partial charge in [0.05, 0.1) is 5.92 Å². The van der Waals surface area contributed by atoms with Crippen LogP contribution >= 0.6 is 0 Å². The van der Waals surface area contributed by atoms with Crippen molar-refractivity contribution in [1.29, 1.82) is 0 Å². The van der Waals surface area contributed by atoms with Crippen LogP contribution in [0.15, 0.2) is 12.7 Å². The van der Waals surface area contributed by atoms with E-state index in [9.17, 15) is 9.59 Å². The zero-order chi connectivity index (χ0) is 15.2. The van der Waals surface area contributed by atoms with Crippen LogP contribution in [0.4, 0.5) is 0 Å². The molecule has 0 saturated carbocycles. The number of carbonyl (C=O) groups excluding carboxylic acids is 2. The quantitative estimate of drug-likeness (QED) is 0.736.